The Kier molecular flexibility index (Phi) is 12.6. The van der Waals surface area contributed by atoms with Crippen LogP contribution in [-0.2, 0) is 0 Å². The smallest absolute Gasteiger partial charge is 0.423 e. The topological polar surface area (TPSA) is 91.7 Å². The molecule has 0 aliphatic heterocycles. The van der Waals surface area contributed by atoms with E-state index in [4.69, 9.17) is 10.0 Å². The second-order valence-electron chi connectivity index (χ2n) is 15.6. The molecular weight excluding hydrogens is 935 g/mol. The van der Waals surface area contributed by atoms with Gasteiger partial charge in [0.15, 0.2) is 0 Å². The van der Waals surface area contributed by atoms with Crippen LogP contribution in [0.5, 0.6) is 0 Å². The van der Waals surface area contributed by atoms with E-state index < -0.39 is 7.12 Å². The Balaban J connectivity index is 0.000000144. The highest BCUT2D eigenvalue weighted by atomic mass is 79.9. The van der Waals surface area contributed by atoms with Gasteiger partial charge in [-0.15, -0.1) is 0 Å². The van der Waals surface area contributed by atoms with Crippen LogP contribution in [0.1, 0.15) is 31.1 Å². The molecule has 8 heteroatoms. The van der Waals surface area contributed by atoms with Crippen LogP contribution in [0.4, 0.5) is 0 Å². The minimum Gasteiger partial charge on any atom is -0.423 e. The molecule has 0 unspecified atom stereocenters. The normalized spacial score (nSPS) is 11.0. The van der Waals surface area contributed by atoms with Crippen molar-refractivity contribution in [3.8, 4) is 22.3 Å². The van der Waals surface area contributed by atoms with Crippen molar-refractivity contribution < 1.29 is 24.4 Å². The maximum absolute atomic E-state index is 11.2. The molecule has 0 saturated carbocycles. The minimum absolute atomic E-state index is 0.385. The van der Waals surface area contributed by atoms with Crippen molar-refractivity contribution in [1.29, 1.82) is 0 Å². The van der Waals surface area contributed by atoms with Crippen molar-refractivity contribution >= 4 is 128 Å². The van der Waals surface area contributed by atoms with Crippen LogP contribution in [0.15, 0.2) is 203 Å². The summed E-state index contributed by atoms with van der Waals surface area (Å²) in [6.07, 6.45) is 2.45. The lowest BCUT2D eigenvalue weighted by molar-refractivity contribution is 0.111. The zero-order valence-electron chi connectivity index (χ0n) is 34.7. The summed E-state index contributed by atoms with van der Waals surface area (Å²) < 4.78 is 2.29. The summed E-state index contributed by atoms with van der Waals surface area (Å²) in [6, 6.07) is 64.6. The molecule has 0 aliphatic rings. The van der Waals surface area contributed by atoms with E-state index in [0.29, 0.717) is 28.4 Å². The minimum atomic E-state index is -1.46. The molecule has 0 amide bonds. The number of halogens is 2. The molecule has 5 nitrogen and oxygen atoms in total. The Bertz CT molecular complexity index is 3380. The Morgan fingerprint density at radius 3 is 0.923 bits per heavy atom. The molecule has 0 aromatic heterocycles. The molecule has 65 heavy (non-hydrogen) atoms. The molecule has 2 N–H and O–H groups in total. The summed E-state index contributed by atoms with van der Waals surface area (Å²) in [7, 11) is -1.46. The molecule has 11 aromatic rings. The first-order valence-corrected chi connectivity index (χ1v) is 22.4. The number of aldehydes is 3. The van der Waals surface area contributed by atoms with E-state index in [-0.39, 0.29) is 0 Å². The lowest BCUT2D eigenvalue weighted by Crippen LogP contribution is -2.29. The third kappa shape index (κ3) is 8.65. The van der Waals surface area contributed by atoms with Crippen molar-refractivity contribution in [2.24, 2.45) is 0 Å². The van der Waals surface area contributed by atoms with Gasteiger partial charge in [-0.25, -0.2) is 0 Å². The summed E-state index contributed by atoms with van der Waals surface area (Å²) in [6.45, 7) is 0. The van der Waals surface area contributed by atoms with Crippen molar-refractivity contribution in [2.45, 2.75) is 0 Å². The van der Waals surface area contributed by atoms with Gasteiger partial charge < -0.3 is 10.0 Å². The summed E-state index contributed by atoms with van der Waals surface area (Å²) in [5.41, 5.74) is 6.71. The second kappa shape index (κ2) is 19.0. The number of rotatable bonds is 6. The van der Waals surface area contributed by atoms with Gasteiger partial charge in [0.1, 0.15) is 18.9 Å². The fourth-order valence-electron chi connectivity index (χ4n) is 8.52. The quantitative estimate of drug-likeness (QED) is 0.0984. The fraction of sp³-hybridized carbons (Fsp3) is 0. The van der Waals surface area contributed by atoms with Crippen LogP contribution >= 0.6 is 31.9 Å². The van der Waals surface area contributed by atoms with Crippen LogP contribution in [-0.4, -0.2) is 36.0 Å². The number of carbonyl (C=O) groups is 3. The number of hydrogen-bond donors (Lipinski definition) is 2. The summed E-state index contributed by atoms with van der Waals surface area (Å²) in [5, 5.41) is 32.0. The highest BCUT2D eigenvalue weighted by Crippen LogP contribution is 2.42. The van der Waals surface area contributed by atoms with E-state index in [0.717, 1.165) is 43.8 Å². The first-order valence-electron chi connectivity index (χ1n) is 20.8. The van der Waals surface area contributed by atoms with E-state index in [1.165, 1.54) is 88.9 Å². The molecule has 0 aliphatic carbocycles. The van der Waals surface area contributed by atoms with Crippen LogP contribution in [0, 0.1) is 0 Å². The monoisotopic (exact) mass is 970 g/mol. The first kappa shape index (κ1) is 43.2. The van der Waals surface area contributed by atoms with Crippen molar-refractivity contribution in [3.05, 3.63) is 220 Å². The SMILES string of the molecule is Brc1cc2c3ccccc3c(Br)cc2c2ccccc12.O=Cc1ccc(-c2cc3c4ccccc4c(-c4ccc(C=O)cc4)cc3c3ccccc23)cc1.O=Cc1ccc(B(O)O)cc1. The summed E-state index contributed by atoms with van der Waals surface area (Å²) >= 11 is 7.42. The van der Waals surface area contributed by atoms with Crippen LogP contribution < -0.4 is 5.46 Å². The molecule has 312 valence electrons. The van der Waals surface area contributed by atoms with Crippen LogP contribution in [0.25, 0.3) is 86.9 Å². The molecule has 0 heterocycles. The van der Waals surface area contributed by atoms with E-state index in [1.54, 1.807) is 0 Å². The number of carbonyl (C=O) groups excluding carboxylic acids is 3. The van der Waals surface area contributed by atoms with Gasteiger partial charge in [-0.2, -0.15) is 0 Å². The second-order valence-corrected chi connectivity index (χ2v) is 17.3. The van der Waals surface area contributed by atoms with Gasteiger partial charge in [-0.05, 0) is 117 Å². The summed E-state index contributed by atoms with van der Waals surface area (Å²) in [5.74, 6) is 0. The molecule has 11 rings (SSSR count). The average molecular weight is 973 g/mol. The van der Waals surface area contributed by atoms with Gasteiger partial charge >= 0.3 is 7.12 Å². The molecule has 0 radical (unpaired) electrons. The van der Waals surface area contributed by atoms with Crippen molar-refractivity contribution in [2.75, 3.05) is 0 Å². The summed E-state index contributed by atoms with van der Waals surface area (Å²) in [4.78, 5) is 32.5. The standard InChI is InChI=1S/C32H20O2.C18H10Br2.C7H7BO3/c33-19-21-9-13-23(14-10-21)29-17-32-28-8-4-2-6-26(28)30(24-15-11-22(20-34)12-16-24)18-31(32)27-7-3-1-5-25(27)29;19-17-10-16-12-6-2-4-8-14(12)18(20)9-15(16)11-5-1-3-7-13(11)17;9-5-6-1-3-7(4-2-6)8(10)11/h1-20H;1-10H;1-5,10-11H. The van der Waals surface area contributed by atoms with Crippen LogP contribution in [0.2, 0.25) is 0 Å². The van der Waals surface area contributed by atoms with E-state index >= 15 is 0 Å². The van der Waals surface area contributed by atoms with Gasteiger partial charge in [-0.3, -0.25) is 14.4 Å². The lowest BCUT2D eigenvalue weighted by atomic mass is 9.80. The van der Waals surface area contributed by atoms with E-state index in [9.17, 15) is 14.4 Å². The number of benzene rings is 11. The maximum Gasteiger partial charge on any atom is 0.488 e. The Labute approximate surface area is 392 Å². The van der Waals surface area contributed by atoms with Gasteiger partial charge in [0.2, 0.25) is 0 Å². The fourth-order valence-corrected chi connectivity index (χ4v) is 9.67. The molecule has 0 bridgehead atoms. The van der Waals surface area contributed by atoms with Gasteiger partial charge in [-0.1, -0.05) is 202 Å². The number of fused-ring (bicyclic) bond motifs is 10. The number of hydrogen-bond acceptors (Lipinski definition) is 5. The predicted molar refractivity (Wildman–Crippen MR) is 277 cm³/mol. The Hall–Kier alpha value is -7.07. The van der Waals surface area contributed by atoms with Crippen molar-refractivity contribution in [3.63, 3.8) is 0 Å². The molecule has 0 spiro atoms. The Morgan fingerprint density at radius 1 is 0.323 bits per heavy atom. The zero-order chi connectivity index (χ0) is 45.0. The highest BCUT2D eigenvalue weighted by Gasteiger charge is 2.15. The van der Waals surface area contributed by atoms with E-state index in [1.807, 2.05) is 48.5 Å². The third-order valence-electron chi connectivity index (χ3n) is 11.7. The lowest BCUT2D eigenvalue weighted by Gasteiger charge is -2.16. The first-order chi connectivity index (χ1) is 31.8. The molecule has 0 atom stereocenters. The largest absolute Gasteiger partial charge is 0.488 e. The average Bonchev–Trinajstić information content (AvgIpc) is 3.37. The third-order valence-corrected chi connectivity index (χ3v) is 13.1. The molecule has 0 saturated heterocycles. The van der Waals surface area contributed by atoms with E-state index in [2.05, 4.69) is 153 Å². The Morgan fingerprint density at radius 2 is 0.600 bits per heavy atom. The zero-order valence-corrected chi connectivity index (χ0v) is 37.8. The van der Waals surface area contributed by atoms with Gasteiger partial charge in [0.25, 0.3) is 0 Å². The maximum atomic E-state index is 11.2. The molecular formula is C57H37BBr2O5. The van der Waals surface area contributed by atoms with Crippen LogP contribution in [0.3, 0.4) is 0 Å². The van der Waals surface area contributed by atoms with Gasteiger partial charge in [0.05, 0.1) is 0 Å². The molecule has 11 aromatic carbocycles. The van der Waals surface area contributed by atoms with Gasteiger partial charge in [0, 0.05) is 25.6 Å². The van der Waals surface area contributed by atoms with Crippen molar-refractivity contribution in [1.82, 2.24) is 0 Å². The highest BCUT2D eigenvalue weighted by molar-refractivity contribution is 9.11. The molecule has 0 fully saturated rings. The predicted octanol–water partition coefficient (Wildman–Crippen LogP) is 14.0.